The summed E-state index contributed by atoms with van der Waals surface area (Å²) in [5, 5.41) is 6.39. The lowest BCUT2D eigenvalue weighted by Crippen LogP contribution is -2.43. The molecular formula is C18H34ClN3O2. The van der Waals surface area contributed by atoms with Gasteiger partial charge in [0.2, 0.25) is 11.8 Å². The molecule has 2 aliphatic rings. The summed E-state index contributed by atoms with van der Waals surface area (Å²) < 4.78 is 0. The summed E-state index contributed by atoms with van der Waals surface area (Å²) in [5.74, 6) is 1.23. The average Bonchev–Trinajstić information content (AvgIpc) is 3.10. The number of nitrogens with zero attached hydrogens (tertiary/aromatic N) is 1. The summed E-state index contributed by atoms with van der Waals surface area (Å²) in [5.41, 5.74) is 0. The first kappa shape index (κ1) is 21.2. The maximum Gasteiger partial charge on any atom is 0.223 e. The molecule has 2 N–H and O–H groups in total. The van der Waals surface area contributed by atoms with Crippen LogP contribution in [0.25, 0.3) is 0 Å². The van der Waals surface area contributed by atoms with Crippen LogP contribution in [0.5, 0.6) is 0 Å². The van der Waals surface area contributed by atoms with Gasteiger partial charge in [0.1, 0.15) is 0 Å². The molecule has 1 unspecified atom stereocenters. The normalized spacial score (nSPS) is 21.4. The number of unbranched alkanes of at least 4 members (excludes halogenated alkanes) is 2. The van der Waals surface area contributed by atoms with Crippen molar-refractivity contribution < 1.29 is 9.59 Å². The van der Waals surface area contributed by atoms with Crippen molar-refractivity contribution in [3.05, 3.63) is 0 Å². The Kier molecular flexibility index (Phi) is 10.3. The van der Waals surface area contributed by atoms with E-state index in [-0.39, 0.29) is 30.1 Å². The van der Waals surface area contributed by atoms with Gasteiger partial charge in [0, 0.05) is 32.0 Å². The summed E-state index contributed by atoms with van der Waals surface area (Å²) in [6.07, 6.45) is 7.91. The molecule has 2 fully saturated rings. The Morgan fingerprint density at radius 3 is 2.54 bits per heavy atom. The zero-order valence-corrected chi connectivity index (χ0v) is 15.8. The van der Waals surface area contributed by atoms with Gasteiger partial charge >= 0.3 is 0 Å². The quantitative estimate of drug-likeness (QED) is 0.654. The predicted molar refractivity (Wildman–Crippen MR) is 99.3 cm³/mol. The second-order valence-electron chi connectivity index (χ2n) is 7.05. The number of nitrogens with one attached hydrogen (secondary N) is 2. The molecule has 6 heteroatoms. The molecule has 0 saturated carbocycles. The zero-order valence-electron chi connectivity index (χ0n) is 15.0. The molecule has 2 amide bonds. The maximum atomic E-state index is 12.3. The van der Waals surface area contributed by atoms with Crippen LogP contribution in [0.15, 0.2) is 0 Å². The van der Waals surface area contributed by atoms with Crippen LogP contribution in [0.1, 0.15) is 58.3 Å². The molecule has 0 aliphatic carbocycles. The van der Waals surface area contributed by atoms with E-state index in [0.717, 1.165) is 58.4 Å². The van der Waals surface area contributed by atoms with E-state index in [0.29, 0.717) is 12.3 Å². The van der Waals surface area contributed by atoms with Crippen molar-refractivity contribution in [1.82, 2.24) is 15.5 Å². The summed E-state index contributed by atoms with van der Waals surface area (Å²) in [6.45, 7) is 6.60. The fourth-order valence-electron chi connectivity index (χ4n) is 3.57. The first-order valence-corrected chi connectivity index (χ1v) is 9.47. The van der Waals surface area contributed by atoms with Gasteiger partial charge in [-0.25, -0.2) is 0 Å². The summed E-state index contributed by atoms with van der Waals surface area (Å²) in [6, 6.07) is 0. The van der Waals surface area contributed by atoms with Gasteiger partial charge in [-0.2, -0.15) is 0 Å². The third-order valence-electron chi connectivity index (χ3n) is 5.23. The monoisotopic (exact) mass is 359 g/mol. The Labute approximate surface area is 152 Å². The fraction of sp³-hybridized carbons (Fsp3) is 0.889. The van der Waals surface area contributed by atoms with Crippen LogP contribution in [-0.4, -0.2) is 49.4 Å². The van der Waals surface area contributed by atoms with Crippen molar-refractivity contribution >= 4 is 24.2 Å². The van der Waals surface area contributed by atoms with Gasteiger partial charge in [-0.05, 0) is 51.1 Å². The zero-order chi connectivity index (χ0) is 16.5. The highest BCUT2D eigenvalue weighted by atomic mass is 35.5. The summed E-state index contributed by atoms with van der Waals surface area (Å²) >= 11 is 0. The van der Waals surface area contributed by atoms with Gasteiger partial charge < -0.3 is 15.5 Å². The third kappa shape index (κ3) is 6.98. The highest BCUT2D eigenvalue weighted by molar-refractivity contribution is 5.85. The number of carbonyl (C=O) groups is 2. The topological polar surface area (TPSA) is 61.4 Å². The summed E-state index contributed by atoms with van der Waals surface area (Å²) in [4.78, 5) is 26.4. The Morgan fingerprint density at radius 2 is 1.92 bits per heavy atom. The van der Waals surface area contributed by atoms with Crippen LogP contribution >= 0.6 is 12.4 Å². The standard InChI is InChI=1S/C18H33N3O2.ClH/c1-2-3-4-10-20-18(23)16-8-12-21(13-9-16)17(22)6-5-15-7-11-19-14-15;/h15-16,19H,2-14H2,1H3,(H,20,23);1H. The van der Waals surface area contributed by atoms with Gasteiger partial charge in [0.05, 0.1) is 0 Å². The second kappa shape index (κ2) is 11.7. The Balaban J connectivity index is 0.00000288. The third-order valence-corrected chi connectivity index (χ3v) is 5.23. The largest absolute Gasteiger partial charge is 0.356 e. The van der Waals surface area contributed by atoms with E-state index in [9.17, 15) is 9.59 Å². The Bertz CT molecular complexity index is 378. The molecule has 1 atom stereocenters. The number of hydrogen-bond acceptors (Lipinski definition) is 3. The van der Waals surface area contributed by atoms with Crippen LogP contribution < -0.4 is 10.6 Å². The van der Waals surface area contributed by atoms with E-state index in [4.69, 9.17) is 0 Å². The number of piperidine rings is 1. The van der Waals surface area contributed by atoms with E-state index in [1.165, 1.54) is 19.3 Å². The molecule has 2 aliphatic heterocycles. The Hall–Kier alpha value is -0.810. The van der Waals surface area contributed by atoms with E-state index < -0.39 is 0 Å². The lowest BCUT2D eigenvalue weighted by molar-refractivity contribution is -0.135. The van der Waals surface area contributed by atoms with Crippen LogP contribution in [0.4, 0.5) is 0 Å². The minimum Gasteiger partial charge on any atom is -0.356 e. The minimum atomic E-state index is 0. The SMILES string of the molecule is CCCCCNC(=O)C1CCN(C(=O)CCC2CCNC2)CC1.Cl. The molecule has 24 heavy (non-hydrogen) atoms. The summed E-state index contributed by atoms with van der Waals surface area (Å²) in [7, 11) is 0. The van der Waals surface area contributed by atoms with Gasteiger partial charge in [-0.3, -0.25) is 9.59 Å². The van der Waals surface area contributed by atoms with E-state index in [1.54, 1.807) is 0 Å². The number of hydrogen-bond donors (Lipinski definition) is 2. The van der Waals surface area contributed by atoms with Crippen molar-refractivity contribution in [1.29, 1.82) is 0 Å². The van der Waals surface area contributed by atoms with Crippen molar-refractivity contribution in [3.63, 3.8) is 0 Å². The van der Waals surface area contributed by atoms with E-state index in [2.05, 4.69) is 17.6 Å². The molecule has 0 aromatic rings. The molecule has 2 heterocycles. The van der Waals surface area contributed by atoms with Crippen molar-refractivity contribution in [3.8, 4) is 0 Å². The molecule has 0 spiro atoms. The smallest absolute Gasteiger partial charge is 0.223 e. The van der Waals surface area contributed by atoms with E-state index in [1.807, 2.05) is 4.90 Å². The maximum absolute atomic E-state index is 12.3. The van der Waals surface area contributed by atoms with Crippen molar-refractivity contribution in [2.75, 3.05) is 32.7 Å². The second-order valence-corrected chi connectivity index (χ2v) is 7.05. The molecule has 2 rings (SSSR count). The van der Waals surface area contributed by atoms with Gasteiger partial charge in [0.15, 0.2) is 0 Å². The first-order valence-electron chi connectivity index (χ1n) is 9.47. The number of amides is 2. The van der Waals surface area contributed by atoms with Crippen molar-refractivity contribution in [2.45, 2.75) is 58.3 Å². The average molecular weight is 360 g/mol. The highest BCUT2D eigenvalue weighted by Gasteiger charge is 2.27. The molecule has 0 radical (unpaired) electrons. The highest BCUT2D eigenvalue weighted by Crippen LogP contribution is 2.20. The number of rotatable bonds is 8. The lowest BCUT2D eigenvalue weighted by atomic mass is 9.95. The lowest BCUT2D eigenvalue weighted by Gasteiger charge is -2.31. The molecule has 2 saturated heterocycles. The molecular weight excluding hydrogens is 326 g/mol. The van der Waals surface area contributed by atoms with Gasteiger partial charge in [-0.15, -0.1) is 12.4 Å². The fourth-order valence-corrected chi connectivity index (χ4v) is 3.57. The molecule has 0 bridgehead atoms. The molecule has 0 aromatic carbocycles. The molecule has 0 aromatic heterocycles. The van der Waals surface area contributed by atoms with Crippen LogP contribution in [0, 0.1) is 11.8 Å². The van der Waals surface area contributed by atoms with Crippen LogP contribution in [0.2, 0.25) is 0 Å². The Morgan fingerprint density at radius 1 is 1.17 bits per heavy atom. The molecule has 5 nitrogen and oxygen atoms in total. The van der Waals surface area contributed by atoms with Gasteiger partial charge in [0.25, 0.3) is 0 Å². The first-order chi connectivity index (χ1) is 11.2. The van der Waals surface area contributed by atoms with Crippen molar-refractivity contribution in [2.24, 2.45) is 11.8 Å². The van der Waals surface area contributed by atoms with E-state index >= 15 is 0 Å². The number of carbonyl (C=O) groups excluding carboxylic acids is 2. The van der Waals surface area contributed by atoms with Crippen LogP contribution in [-0.2, 0) is 9.59 Å². The predicted octanol–water partition coefficient (Wildman–Crippen LogP) is 2.34. The number of halogens is 1. The minimum absolute atomic E-state index is 0. The number of likely N-dealkylation sites (tertiary alicyclic amines) is 1. The molecule has 140 valence electrons. The van der Waals surface area contributed by atoms with Crippen LogP contribution in [0.3, 0.4) is 0 Å². The van der Waals surface area contributed by atoms with Gasteiger partial charge in [-0.1, -0.05) is 19.8 Å².